The van der Waals surface area contributed by atoms with Crippen LogP contribution in [-0.4, -0.2) is 54.2 Å². The number of carbonyl (C=O) groups is 1. The lowest BCUT2D eigenvalue weighted by Crippen LogP contribution is -2.40. The number of nitrogens with one attached hydrogen (secondary N) is 2. The summed E-state index contributed by atoms with van der Waals surface area (Å²) in [6, 6.07) is 0. The maximum atomic E-state index is 12.2. The number of aromatic amines is 1. The Bertz CT molecular complexity index is 605. The summed E-state index contributed by atoms with van der Waals surface area (Å²) in [5.74, 6) is -0.613. The van der Waals surface area contributed by atoms with Crippen LogP contribution >= 0.6 is 0 Å². The maximum Gasteiger partial charge on any atom is 0.330 e. The van der Waals surface area contributed by atoms with Gasteiger partial charge in [0.25, 0.3) is 5.56 Å². The van der Waals surface area contributed by atoms with E-state index >= 15 is 0 Å². The molecule has 0 aliphatic rings. The molecule has 0 amide bonds. The van der Waals surface area contributed by atoms with Crippen molar-refractivity contribution in [1.82, 2.24) is 14.5 Å². The summed E-state index contributed by atoms with van der Waals surface area (Å²) < 4.78 is 5.78. The Labute approximate surface area is 121 Å². The number of aromatic nitrogens is 2. The van der Waals surface area contributed by atoms with Crippen LogP contribution in [0.25, 0.3) is 0 Å². The normalized spacial score (nSPS) is 10.7. The lowest BCUT2D eigenvalue weighted by Gasteiger charge is -2.13. The van der Waals surface area contributed by atoms with Gasteiger partial charge in [0.05, 0.1) is 6.61 Å². The molecule has 1 aromatic rings. The van der Waals surface area contributed by atoms with Crippen molar-refractivity contribution in [2.24, 2.45) is 0 Å². The molecule has 0 bridgehead atoms. The van der Waals surface area contributed by atoms with Gasteiger partial charge in [0.1, 0.15) is 18.1 Å². The monoisotopic (exact) mass is 299 g/mol. The maximum absolute atomic E-state index is 12.2. The predicted octanol–water partition coefficient (Wildman–Crippen LogP) is -1.34. The van der Waals surface area contributed by atoms with Gasteiger partial charge in [0, 0.05) is 13.1 Å². The third-order valence-electron chi connectivity index (χ3n) is 2.70. The first-order chi connectivity index (χ1) is 9.86. The van der Waals surface area contributed by atoms with Crippen molar-refractivity contribution in [2.45, 2.75) is 13.5 Å². The lowest BCUT2D eigenvalue weighted by molar-refractivity contribution is -0.140. The minimum absolute atomic E-state index is 0.0126. The first-order valence-electron chi connectivity index (χ1n) is 6.53. The zero-order valence-electron chi connectivity index (χ0n) is 12.4. The van der Waals surface area contributed by atoms with Crippen molar-refractivity contribution in [3.63, 3.8) is 0 Å². The van der Waals surface area contributed by atoms with Crippen LogP contribution in [0.1, 0.15) is 6.92 Å². The zero-order valence-corrected chi connectivity index (χ0v) is 12.4. The molecular formula is C12H21N5O4. The molecule has 0 unspecified atom stereocenters. The van der Waals surface area contributed by atoms with Gasteiger partial charge in [0.2, 0.25) is 0 Å². The Morgan fingerprint density at radius 1 is 1.43 bits per heavy atom. The van der Waals surface area contributed by atoms with E-state index < -0.39 is 17.2 Å². The fraction of sp³-hybridized carbons (Fsp3) is 0.583. The molecule has 9 heteroatoms. The fourth-order valence-corrected chi connectivity index (χ4v) is 1.63. The van der Waals surface area contributed by atoms with Gasteiger partial charge in [-0.05, 0) is 21.0 Å². The molecular weight excluding hydrogens is 278 g/mol. The largest absolute Gasteiger partial charge is 0.465 e. The third-order valence-corrected chi connectivity index (χ3v) is 2.70. The van der Waals surface area contributed by atoms with E-state index in [4.69, 9.17) is 10.5 Å². The molecule has 1 rings (SSSR count). The van der Waals surface area contributed by atoms with Crippen LogP contribution in [0.2, 0.25) is 0 Å². The second-order valence-electron chi connectivity index (χ2n) is 4.64. The molecule has 4 N–H and O–H groups in total. The molecule has 1 heterocycles. The van der Waals surface area contributed by atoms with Crippen LogP contribution in [0.15, 0.2) is 9.59 Å². The molecule has 118 valence electrons. The molecule has 0 aromatic carbocycles. The van der Waals surface area contributed by atoms with Crippen molar-refractivity contribution in [3.8, 4) is 0 Å². The molecule has 0 spiro atoms. The Kier molecular flexibility index (Phi) is 5.97. The Morgan fingerprint density at radius 3 is 2.67 bits per heavy atom. The van der Waals surface area contributed by atoms with Crippen LogP contribution in [0.3, 0.4) is 0 Å². The van der Waals surface area contributed by atoms with Crippen LogP contribution < -0.4 is 22.3 Å². The van der Waals surface area contributed by atoms with Gasteiger partial charge < -0.3 is 20.7 Å². The van der Waals surface area contributed by atoms with Crippen LogP contribution in [-0.2, 0) is 16.1 Å². The van der Waals surface area contributed by atoms with Crippen LogP contribution in [0.5, 0.6) is 0 Å². The number of carbonyl (C=O) groups excluding carboxylic acids is 1. The summed E-state index contributed by atoms with van der Waals surface area (Å²) in [5, 5.41) is 2.60. The summed E-state index contributed by atoms with van der Waals surface area (Å²) in [5.41, 5.74) is 4.45. The Morgan fingerprint density at radius 2 is 2.10 bits per heavy atom. The Balaban J connectivity index is 2.99. The highest BCUT2D eigenvalue weighted by molar-refractivity contribution is 5.76. The second-order valence-corrected chi connectivity index (χ2v) is 4.64. The van der Waals surface area contributed by atoms with Gasteiger partial charge in [-0.1, -0.05) is 0 Å². The summed E-state index contributed by atoms with van der Waals surface area (Å²) in [6.45, 7) is 2.46. The molecule has 1 aromatic heterocycles. The van der Waals surface area contributed by atoms with E-state index in [0.717, 1.165) is 4.57 Å². The molecule has 0 aliphatic heterocycles. The molecule has 0 saturated heterocycles. The van der Waals surface area contributed by atoms with E-state index in [0.29, 0.717) is 6.54 Å². The molecule has 9 nitrogen and oxygen atoms in total. The average Bonchev–Trinajstić information content (AvgIpc) is 2.37. The van der Waals surface area contributed by atoms with Crippen molar-refractivity contribution < 1.29 is 9.53 Å². The van der Waals surface area contributed by atoms with E-state index in [-0.39, 0.29) is 31.2 Å². The van der Waals surface area contributed by atoms with E-state index in [9.17, 15) is 14.4 Å². The molecule has 0 atom stereocenters. The van der Waals surface area contributed by atoms with E-state index in [2.05, 4.69) is 10.3 Å². The van der Waals surface area contributed by atoms with Crippen molar-refractivity contribution in [3.05, 3.63) is 20.8 Å². The van der Waals surface area contributed by atoms with Gasteiger partial charge in [-0.15, -0.1) is 0 Å². The standard InChI is InChI=1S/C12H21N5O4/c1-4-21-8(18)7-14-9-10(13)15-12(20)17(11(9)19)6-5-16(2)3/h14H,4-7,13H2,1-3H3,(H,15,20). The number of ether oxygens (including phenoxy) is 1. The number of hydrogen-bond acceptors (Lipinski definition) is 7. The first-order valence-corrected chi connectivity index (χ1v) is 6.53. The van der Waals surface area contributed by atoms with Crippen LogP contribution in [0.4, 0.5) is 11.5 Å². The van der Waals surface area contributed by atoms with Crippen molar-refractivity contribution >= 4 is 17.5 Å². The number of H-pyrrole nitrogens is 1. The number of rotatable bonds is 7. The van der Waals surface area contributed by atoms with Gasteiger partial charge in [-0.2, -0.15) is 0 Å². The molecule has 0 radical (unpaired) electrons. The Hall–Kier alpha value is -2.29. The highest BCUT2D eigenvalue weighted by atomic mass is 16.5. The minimum atomic E-state index is -0.582. The number of nitrogens with zero attached hydrogens (tertiary/aromatic N) is 2. The van der Waals surface area contributed by atoms with Crippen LogP contribution in [0, 0.1) is 0 Å². The predicted molar refractivity (Wildman–Crippen MR) is 79.4 cm³/mol. The fourth-order valence-electron chi connectivity index (χ4n) is 1.63. The smallest absolute Gasteiger partial charge is 0.330 e. The molecule has 0 fully saturated rings. The topological polar surface area (TPSA) is 122 Å². The number of anilines is 2. The van der Waals surface area contributed by atoms with Crippen molar-refractivity contribution in [1.29, 1.82) is 0 Å². The number of nitrogen functional groups attached to an aromatic ring is 1. The number of hydrogen-bond donors (Lipinski definition) is 3. The van der Waals surface area contributed by atoms with E-state index in [1.54, 1.807) is 6.92 Å². The van der Waals surface area contributed by atoms with E-state index in [1.165, 1.54) is 0 Å². The highest BCUT2D eigenvalue weighted by Gasteiger charge is 2.13. The lowest BCUT2D eigenvalue weighted by atomic mass is 10.4. The second kappa shape index (κ2) is 7.48. The summed E-state index contributed by atoms with van der Waals surface area (Å²) >= 11 is 0. The highest BCUT2D eigenvalue weighted by Crippen LogP contribution is 2.06. The number of nitrogens with two attached hydrogens (primary N) is 1. The summed E-state index contributed by atoms with van der Waals surface area (Å²) in [4.78, 5) is 39.5. The van der Waals surface area contributed by atoms with Crippen molar-refractivity contribution in [2.75, 3.05) is 44.8 Å². The van der Waals surface area contributed by atoms with Gasteiger partial charge in [-0.25, -0.2) is 4.79 Å². The molecule has 0 saturated carbocycles. The number of esters is 1. The first kappa shape index (κ1) is 16.8. The van der Waals surface area contributed by atoms with E-state index in [1.807, 2.05) is 19.0 Å². The molecule has 21 heavy (non-hydrogen) atoms. The van der Waals surface area contributed by atoms with Gasteiger partial charge in [-0.3, -0.25) is 19.1 Å². The third kappa shape index (κ3) is 4.63. The zero-order chi connectivity index (χ0) is 16.0. The summed E-state index contributed by atoms with van der Waals surface area (Å²) in [7, 11) is 3.66. The van der Waals surface area contributed by atoms with Gasteiger partial charge >= 0.3 is 11.7 Å². The minimum Gasteiger partial charge on any atom is -0.465 e. The SMILES string of the molecule is CCOC(=O)CNc1c(N)[nH]c(=O)n(CCN(C)C)c1=O. The summed E-state index contributed by atoms with van der Waals surface area (Å²) in [6.07, 6.45) is 0. The van der Waals surface area contributed by atoms with Gasteiger partial charge in [0.15, 0.2) is 0 Å². The number of likely N-dealkylation sites (N-methyl/N-ethyl adjacent to an activating group) is 1. The quantitative estimate of drug-likeness (QED) is 0.532. The average molecular weight is 299 g/mol. The molecule has 0 aliphatic carbocycles.